The number of nitrogens with zero attached hydrogens (tertiary/aromatic N) is 2. The number of carbonyl (C=O) groups is 2. The van der Waals surface area contributed by atoms with E-state index in [9.17, 15) is 19.7 Å². The van der Waals surface area contributed by atoms with Crippen LogP contribution in [0.2, 0.25) is 0 Å². The lowest BCUT2D eigenvalue weighted by atomic mass is 9.84. The third-order valence-electron chi connectivity index (χ3n) is 5.64. The summed E-state index contributed by atoms with van der Waals surface area (Å²) < 4.78 is 5.22. The standard InChI is InChI=1S/C17H19N3O5/c1-2-25-15(21)11-9-17(19-7-3-4-14(11)19)12-8-10(20(23)24)5-6-13(12)18-16(17)22/h5-6,8,11,14H,2-4,7,9H2,1H3,(H,18,22)/t11-,14+,17+/m1/s1. The first-order valence-corrected chi connectivity index (χ1v) is 8.53. The van der Waals surface area contributed by atoms with Crippen LogP contribution in [-0.4, -0.2) is 40.9 Å². The zero-order valence-electron chi connectivity index (χ0n) is 13.9. The molecule has 1 N–H and O–H groups in total. The van der Waals surface area contributed by atoms with Crippen molar-refractivity contribution in [1.29, 1.82) is 0 Å². The normalized spacial score (nSPS) is 30.2. The highest BCUT2D eigenvalue weighted by Crippen LogP contribution is 2.55. The van der Waals surface area contributed by atoms with Gasteiger partial charge in [-0.2, -0.15) is 0 Å². The van der Waals surface area contributed by atoms with Crippen molar-refractivity contribution < 1.29 is 19.2 Å². The van der Waals surface area contributed by atoms with Crippen LogP contribution in [0, 0.1) is 16.0 Å². The molecule has 8 heteroatoms. The van der Waals surface area contributed by atoms with Gasteiger partial charge in [-0.3, -0.25) is 24.6 Å². The highest BCUT2D eigenvalue weighted by Gasteiger charge is 2.63. The van der Waals surface area contributed by atoms with Gasteiger partial charge in [0, 0.05) is 29.4 Å². The molecular formula is C17H19N3O5. The number of nitro benzene ring substituents is 1. The molecule has 0 saturated carbocycles. The van der Waals surface area contributed by atoms with Gasteiger partial charge in [-0.05, 0) is 38.8 Å². The number of nitro groups is 1. The van der Waals surface area contributed by atoms with Crippen LogP contribution in [0.3, 0.4) is 0 Å². The number of non-ortho nitro benzene ring substituents is 1. The fourth-order valence-electron chi connectivity index (χ4n) is 4.68. The number of hydrogen-bond acceptors (Lipinski definition) is 6. The summed E-state index contributed by atoms with van der Waals surface area (Å²) in [6.07, 6.45) is 2.01. The van der Waals surface area contributed by atoms with Gasteiger partial charge in [0.2, 0.25) is 5.91 Å². The first-order chi connectivity index (χ1) is 12.0. The van der Waals surface area contributed by atoms with Gasteiger partial charge in [-0.25, -0.2) is 0 Å². The molecule has 1 aromatic carbocycles. The number of hydrogen-bond donors (Lipinski definition) is 1. The van der Waals surface area contributed by atoms with Crippen LogP contribution in [-0.2, 0) is 19.9 Å². The van der Waals surface area contributed by atoms with Crippen LogP contribution in [0.25, 0.3) is 0 Å². The van der Waals surface area contributed by atoms with E-state index in [0.29, 0.717) is 30.8 Å². The predicted molar refractivity (Wildman–Crippen MR) is 87.9 cm³/mol. The average molecular weight is 345 g/mol. The van der Waals surface area contributed by atoms with Crippen molar-refractivity contribution in [1.82, 2.24) is 4.90 Å². The number of rotatable bonds is 3. The van der Waals surface area contributed by atoms with Crippen LogP contribution in [0.1, 0.15) is 31.7 Å². The Labute approximate surface area is 144 Å². The largest absolute Gasteiger partial charge is 0.466 e. The summed E-state index contributed by atoms with van der Waals surface area (Å²) in [7, 11) is 0. The summed E-state index contributed by atoms with van der Waals surface area (Å²) in [6.45, 7) is 2.75. The lowest BCUT2D eigenvalue weighted by Gasteiger charge is -2.32. The Morgan fingerprint density at radius 2 is 2.32 bits per heavy atom. The highest BCUT2D eigenvalue weighted by molar-refractivity contribution is 6.07. The average Bonchev–Trinajstić information content (AvgIpc) is 3.23. The smallest absolute Gasteiger partial charge is 0.310 e. The number of fused-ring (bicyclic) bond motifs is 4. The van der Waals surface area contributed by atoms with E-state index in [1.807, 2.05) is 0 Å². The minimum Gasteiger partial charge on any atom is -0.466 e. The molecule has 0 aromatic heterocycles. The van der Waals surface area contributed by atoms with Gasteiger partial charge in [0.15, 0.2) is 0 Å². The van der Waals surface area contributed by atoms with Crippen molar-refractivity contribution in [2.75, 3.05) is 18.5 Å². The summed E-state index contributed by atoms with van der Waals surface area (Å²) in [4.78, 5) is 38.1. The summed E-state index contributed by atoms with van der Waals surface area (Å²) in [5, 5.41) is 14.0. The molecule has 3 atom stereocenters. The van der Waals surface area contributed by atoms with E-state index in [1.165, 1.54) is 12.1 Å². The second-order valence-electron chi connectivity index (χ2n) is 6.77. The predicted octanol–water partition coefficient (Wildman–Crippen LogP) is 1.79. The van der Waals surface area contributed by atoms with Crippen molar-refractivity contribution in [3.63, 3.8) is 0 Å². The monoisotopic (exact) mass is 345 g/mol. The Morgan fingerprint density at radius 3 is 3.04 bits per heavy atom. The van der Waals surface area contributed by atoms with E-state index < -0.39 is 16.4 Å². The van der Waals surface area contributed by atoms with Crippen molar-refractivity contribution in [3.8, 4) is 0 Å². The first-order valence-electron chi connectivity index (χ1n) is 8.53. The molecule has 0 radical (unpaired) electrons. The Balaban J connectivity index is 1.82. The minimum atomic E-state index is -1.01. The number of carbonyl (C=O) groups excluding carboxylic acids is 2. The van der Waals surface area contributed by atoms with Crippen molar-refractivity contribution in [2.24, 2.45) is 5.92 Å². The third kappa shape index (κ3) is 2.10. The molecule has 4 rings (SSSR count). The van der Waals surface area contributed by atoms with Gasteiger partial charge >= 0.3 is 5.97 Å². The Bertz CT molecular complexity index is 780. The van der Waals surface area contributed by atoms with Crippen molar-refractivity contribution in [3.05, 3.63) is 33.9 Å². The molecule has 2 saturated heterocycles. The molecule has 1 aromatic rings. The maximum absolute atomic E-state index is 12.9. The molecule has 1 spiro atoms. The quantitative estimate of drug-likeness (QED) is 0.509. The summed E-state index contributed by atoms with van der Waals surface area (Å²) in [6, 6.07) is 4.37. The highest BCUT2D eigenvalue weighted by atomic mass is 16.6. The van der Waals surface area contributed by atoms with Crippen LogP contribution < -0.4 is 5.32 Å². The molecular weight excluding hydrogens is 326 g/mol. The fourth-order valence-corrected chi connectivity index (χ4v) is 4.68. The van der Waals surface area contributed by atoms with Gasteiger partial charge in [0.05, 0.1) is 17.4 Å². The molecule has 0 unspecified atom stereocenters. The van der Waals surface area contributed by atoms with Crippen molar-refractivity contribution in [2.45, 2.75) is 37.8 Å². The van der Waals surface area contributed by atoms with Crippen LogP contribution >= 0.6 is 0 Å². The zero-order valence-corrected chi connectivity index (χ0v) is 13.9. The van der Waals surface area contributed by atoms with Gasteiger partial charge in [-0.1, -0.05) is 0 Å². The van der Waals surface area contributed by atoms with Gasteiger partial charge in [0.25, 0.3) is 5.69 Å². The van der Waals surface area contributed by atoms with E-state index in [0.717, 1.165) is 12.8 Å². The number of benzene rings is 1. The van der Waals surface area contributed by atoms with E-state index in [4.69, 9.17) is 4.74 Å². The van der Waals surface area contributed by atoms with Gasteiger partial charge < -0.3 is 10.1 Å². The van der Waals surface area contributed by atoms with E-state index in [-0.39, 0.29) is 23.6 Å². The molecule has 8 nitrogen and oxygen atoms in total. The first kappa shape index (κ1) is 16.0. The van der Waals surface area contributed by atoms with Gasteiger partial charge in [0.1, 0.15) is 5.54 Å². The molecule has 3 aliphatic rings. The van der Waals surface area contributed by atoms with Crippen LogP contribution in [0.15, 0.2) is 18.2 Å². The lowest BCUT2D eigenvalue weighted by molar-refractivity contribution is -0.384. The Hall–Kier alpha value is -2.48. The maximum Gasteiger partial charge on any atom is 0.310 e. The van der Waals surface area contributed by atoms with Crippen molar-refractivity contribution >= 4 is 23.3 Å². The number of ether oxygens (including phenoxy) is 1. The molecule has 3 aliphatic heterocycles. The minimum absolute atomic E-state index is 0.0510. The molecule has 0 aliphatic carbocycles. The van der Waals surface area contributed by atoms with E-state index in [2.05, 4.69) is 10.2 Å². The molecule has 0 bridgehead atoms. The maximum atomic E-state index is 12.9. The zero-order chi connectivity index (χ0) is 17.8. The Kier molecular flexibility index (Phi) is 3.54. The van der Waals surface area contributed by atoms with E-state index in [1.54, 1.807) is 13.0 Å². The second kappa shape index (κ2) is 5.52. The number of amides is 1. The topological polar surface area (TPSA) is 102 Å². The third-order valence-corrected chi connectivity index (χ3v) is 5.64. The second-order valence-corrected chi connectivity index (χ2v) is 6.77. The lowest BCUT2D eigenvalue weighted by Crippen LogP contribution is -2.47. The molecule has 132 valence electrons. The summed E-state index contributed by atoms with van der Waals surface area (Å²) in [5.74, 6) is -0.886. The van der Waals surface area contributed by atoms with Crippen LogP contribution in [0.5, 0.6) is 0 Å². The molecule has 3 heterocycles. The molecule has 1 amide bonds. The Morgan fingerprint density at radius 1 is 1.52 bits per heavy atom. The number of anilines is 1. The number of esters is 1. The van der Waals surface area contributed by atoms with E-state index >= 15 is 0 Å². The van der Waals surface area contributed by atoms with Gasteiger partial charge in [-0.15, -0.1) is 0 Å². The van der Waals surface area contributed by atoms with Crippen LogP contribution in [0.4, 0.5) is 11.4 Å². The summed E-state index contributed by atoms with van der Waals surface area (Å²) in [5.41, 5.74) is 0.126. The molecule has 2 fully saturated rings. The number of nitrogens with one attached hydrogen (secondary N) is 1. The fraction of sp³-hybridized carbons (Fsp3) is 0.529. The SMILES string of the molecule is CCOC(=O)[C@@H]1C[C@]2(C(=O)Nc3ccc([N+](=O)[O-])cc32)N2CCC[C@@H]12. The molecule has 25 heavy (non-hydrogen) atoms. The summed E-state index contributed by atoms with van der Waals surface area (Å²) >= 11 is 0.